The topological polar surface area (TPSA) is 41.9 Å². The predicted molar refractivity (Wildman–Crippen MR) is 114 cm³/mol. The highest BCUT2D eigenvalue weighted by Crippen LogP contribution is 2.23. The van der Waals surface area contributed by atoms with Gasteiger partial charge in [-0.05, 0) is 30.0 Å². The average molecular weight is 399 g/mol. The molecule has 0 N–H and O–H groups in total. The van der Waals surface area contributed by atoms with Crippen LogP contribution in [0.3, 0.4) is 0 Å². The van der Waals surface area contributed by atoms with Crippen molar-refractivity contribution < 1.29 is 9.63 Å². The van der Waals surface area contributed by atoms with Crippen molar-refractivity contribution in [1.29, 1.82) is 0 Å². The fourth-order valence-electron chi connectivity index (χ4n) is 3.39. The second-order valence-corrected chi connectivity index (χ2v) is 8.16. The maximum absolute atomic E-state index is 12.9. The zero-order valence-corrected chi connectivity index (χ0v) is 17.4. The van der Waals surface area contributed by atoms with Gasteiger partial charge in [-0.2, -0.15) is 0 Å². The molecule has 4 nitrogen and oxygen atoms in total. The summed E-state index contributed by atoms with van der Waals surface area (Å²) >= 11 is 6.32. The summed E-state index contributed by atoms with van der Waals surface area (Å²) in [4.78, 5) is 20.4. The van der Waals surface area contributed by atoms with Gasteiger partial charge in [0.05, 0.1) is 12.3 Å². The first-order valence-electron chi connectivity index (χ1n) is 9.74. The highest BCUT2D eigenvalue weighted by Gasteiger charge is 2.27. The maximum atomic E-state index is 12.9. The van der Waals surface area contributed by atoms with Crippen LogP contribution in [0.1, 0.15) is 43.4 Å². The van der Waals surface area contributed by atoms with E-state index in [4.69, 9.17) is 16.4 Å². The van der Waals surface area contributed by atoms with Gasteiger partial charge >= 0.3 is 0 Å². The number of oxime groups is 1. The molecule has 1 heterocycles. The summed E-state index contributed by atoms with van der Waals surface area (Å²) in [7, 11) is 0. The second-order valence-electron chi connectivity index (χ2n) is 7.75. The molecule has 1 aliphatic rings. The third-order valence-electron chi connectivity index (χ3n) is 4.87. The molecule has 0 saturated heterocycles. The molecule has 0 spiro atoms. The van der Waals surface area contributed by atoms with Crippen molar-refractivity contribution in [3.63, 3.8) is 0 Å². The van der Waals surface area contributed by atoms with Gasteiger partial charge in [0.15, 0.2) is 6.10 Å². The number of carbonyl (C=O) groups is 1. The molecule has 0 aromatic heterocycles. The smallest absolute Gasteiger partial charge is 0.223 e. The monoisotopic (exact) mass is 398 g/mol. The Labute approximate surface area is 172 Å². The molecular weight excluding hydrogens is 372 g/mol. The Bertz CT molecular complexity index is 863. The van der Waals surface area contributed by atoms with Gasteiger partial charge in [0, 0.05) is 30.0 Å². The fourth-order valence-corrected chi connectivity index (χ4v) is 3.59. The van der Waals surface area contributed by atoms with Gasteiger partial charge in [-0.15, -0.1) is 0 Å². The lowest BCUT2D eigenvalue weighted by Gasteiger charge is -2.26. The van der Waals surface area contributed by atoms with E-state index in [1.807, 2.05) is 41.3 Å². The third kappa shape index (κ3) is 5.14. The molecule has 1 atom stereocenters. The molecule has 2 aromatic rings. The minimum Gasteiger partial charge on any atom is -0.390 e. The standard InChI is InChI=1S/C23H27ClN2O2/c1-16(2)12-23(27)26(14-18-9-5-7-11-21(18)24)15-19-13-22(25-28-19)20-10-6-4-8-17(20)3/h4-11,16,19H,12-15H2,1-3H3/t19-/m0/s1. The van der Waals surface area contributed by atoms with Crippen LogP contribution in [0, 0.1) is 12.8 Å². The summed E-state index contributed by atoms with van der Waals surface area (Å²) in [5.41, 5.74) is 4.17. The summed E-state index contributed by atoms with van der Waals surface area (Å²) in [6, 6.07) is 15.8. The summed E-state index contributed by atoms with van der Waals surface area (Å²) in [5, 5.41) is 4.97. The van der Waals surface area contributed by atoms with Crippen LogP contribution in [0.15, 0.2) is 53.7 Å². The number of hydrogen-bond donors (Lipinski definition) is 0. The van der Waals surface area contributed by atoms with Crippen LogP contribution in [0.25, 0.3) is 0 Å². The van der Waals surface area contributed by atoms with Crippen molar-refractivity contribution >= 4 is 23.2 Å². The van der Waals surface area contributed by atoms with Gasteiger partial charge in [-0.1, -0.05) is 73.1 Å². The largest absolute Gasteiger partial charge is 0.390 e. The molecule has 5 heteroatoms. The molecule has 0 radical (unpaired) electrons. The van der Waals surface area contributed by atoms with Crippen LogP contribution in [0.4, 0.5) is 0 Å². The van der Waals surface area contributed by atoms with E-state index in [2.05, 4.69) is 38.1 Å². The number of nitrogens with zero attached hydrogens (tertiary/aromatic N) is 2. The van der Waals surface area contributed by atoms with Crippen LogP contribution in [0.2, 0.25) is 5.02 Å². The van der Waals surface area contributed by atoms with Gasteiger partial charge in [0.2, 0.25) is 5.91 Å². The van der Waals surface area contributed by atoms with Gasteiger partial charge < -0.3 is 9.74 Å². The lowest BCUT2D eigenvalue weighted by molar-refractivity contribution is -0.134. The Hall–Kier alpha value is -2.33. The molecule has 0 saturated carbocycles. The molecule has 0 bridgehead atoms. The zero-order valence-electron chi connectivity index (χ0n) is 16.7. The number of halogens is 1. The van der Waals surface area contributed by atoms with Crippen molar-refractivity contribution in [3.8, 4) is 0 Å². The Kier molecular flexibility index (Phi) is 6.74. The van der Waals surface area contributed by atoms with Gasteiger partial charge in [0.1, 0.15) is 0 Å². The van der Waals surface area contributed by atoms with E-state index in [9.17, 15) is 4.79 Å². The lowest BCUT2D eigenvalue weighted by Crippen LogP contribution is -2.37. The molecule has 0 unspecified atom stereocenters. The molecule has 148 valence electrons. The number of aryl methyl sites for hydroxylation is 1. The number of carbonyl (C=O) groups excluding carboxylic acids is 1. The van der Waals surface area contributed by atoms with E-state index in [0.29, 0.717) is 36.9 Å². The van der Waals surface area contributed by atoms with Crippen molar-refractivity contribution in [2.75, 3.05) is 6.54 Å². The quantitative estimate of drug-likeness (QED) is 0.641. The predicted octanol–water partition coefficient (Wildman–Crippen LogP) is 5.22. The average Bonchev–Trinajstić information content (AvgIpc) is 3.11. The van der Waals surface area contributed by atoms with Crippen LogP contribution < -0.4 is 0 Å². The number of rotatable bonds is 7. The highest BCUT2D eigenvalue weighted by molar-refractivity contribution is 6.31. The Morgan fingerprint density at radius 1 is 1.21 bits per heavy atom. The van der Waals surface area contributed by atoms with Gasteiger partial charge in [0.25, 0.3) is 0 Å². The third-order valence-corrected chi connectivity index (χ3v) is 5.24. The molecule has 0 fully saturated rings. The normalized spacial score (nSPS) is 16.0. The van der Waals surface area contributed by atoms with Crippen molar-refractivity contribution in [2.45, 2.75) is 46.3 Å². The van der Waals surface area contributed by atoms with Crippen molar-refractivity contribution in [3.05, 3.63) is 70.2 Å². The molecular formula is C23H27ClN2O2. The Balaban J connectivity index is 1.71. The van der Waals surface area contributed by atoms with Crippen molar-refractivity contribution in [1.82, 2.24) is 4.90 Å². The second kappa shape index (κ2) is 9.24. The number of hydrogen-bond acceptors (Lipinski definition) is 3. The first-order valence-corrected chi connectivity index (χ1v) is 10.1. The zero-order chi connectivity index (χ0) is 20.1. The molecule has 1 amide bonds. The SMILES string of the molecule is Cc1ccccc1C1=NO[C@H](CN(Cc2ccccc2Cl)C(=O)CC(C)C)C1. The van der Waals surface area contributed by atoms with E-state index in [0.717, 1.165) is 16.8 Å². The molecule has 1 aliphatic heterocycles. The fraction of sp³-hybridized carbons (Fsp3) is 0.391. The summed E-state index contributed by atoms with van der Waals surface area (Å²) in [6.07, 6.45) is 1.05. The minimum atomic E-state index is -0.145. The Morgan fingerprint density at radius 3 is 2.64 bits per heavy atom. The van der Waals surface area contributed by atoms with Crippen LogP contribution in [0.5, 0.6) is 0 Å². The first-order chi connectivity index (χ1) is 13.4. The number of benzene rings is 2. The van der Waals surface area contributed by atoms with Crippen LogP contribution in [-0.4, -0.2) is 29.2 Å². The first kappa shape index (κ1) is 20.4. The molecule has 0 aliphatic carbocycles. The number of amides is 1. The van der Waals surface area contributed by atoms with Crippen LogP contribution in [-0.2, 0) is 16.2 Å². The Morgan fingerprint density at radius 2 is 1.93 bits per heavy atom. The molecule has 28 heavy (non-hydrogen) atoms. The van der Waals surface area contributed by atoms with Gasteiger partial charge in [-0.25, -0.2) is 0 Å². The van der Waals surface area contributed by atoms with E-state index in [1.165, 1.54) is 5.56 Å². The van der Waals surface area contributed by atoms with Gasteiger partial charge in [-0.3, -0.25) is 4.79 Å². The summed E-state index contributed by atoms with van der Waals surface area (Å²) in [5.74, 6) is 0.410. The van der Waals surface area contributed by atoms with Crippen molar-refractivity contribution in [2.24, 2.45) is 11.1 Å². The van der Waals surface area contributed by atoms with E-state index in [-0.39, 0.29) is 12.0 Å². The summed E-state index contributed by atoms with van der Waals surface area (Å²) < 4.78 is 0. The molecule has 3 rings (SSSR count). The van der Waals surface area contributed by atoms with E-state index < -0.39 is 0 Å². The van der Waals surface area contributed by atoms with E-state index in [1.54, 1.807) is 0 Å². The van der Waals surface area contributed by atoms with E-state index >= 15 is 0 Å². The summed E-state index contributed by atoms with van der Waals surface area (Å²) in [6.45, 7) is 7.15. The van der Waals surface area contributed by atoms with Crippen LogP contribution >= 0.6 is 11.6 Å². The maximum Gasteiger partial charge on any atom is 0.223 e. The molecule has 2 aromatic carbocycles. The lowest BCUT2D eigenvalue weighted by atomic mass is 10.00. The highest BCUT2D eigenvalue weighted by atomic mass is 35.5. The minimum absolute atomic E-state index is 0.114.